The van der Waals surface area contributed by atoms with Crippen LogP contribution in [-0.2, 0) is 19.6 Å². The number of amides is 2. The number of carbonyl (C=O) groups is 2. The summed E-state index contributed by atoms with van der Waals surface area (Å²) in [5.74, 6) is 0.111. The van der Waals surface area contributed by atoms with Gasteiger partial charge in [-0.3, -0.25) is 14.5 Å². The fourth-order valence-corrected chi connectivity index (χ4v) is 3.60. The molecule has 8 heteroatoms. The summed E-state index contributed by atoms with van der Waals surface area (Å²) in [5.41, 5.74) is 0.379. The Hall–Kier alpha value is -2.71. The molecular formula is C18H18N2O5S. The molecule has 26 heavy (non-hydrogen) atoms. The van der Waals surface area contributed by atoms with E-state index in [1.54, 1.807) is 12.1 Å². The second-order valence-corrected chi connectivity index (χ2v) is 7.44. The maximum atomic E-state index is 12.3. The zero-order valence-electron chi connectivity index (χ0n) is 13.9. The van der Waals surface area contributed by atoms with Gasteiger partial charge in [-0.2, -0.15) is 0 Å². The number of nitrogens with one attached hydrogen (secondary N) is 1. The summed E-state index contributed by atoms with van der Waals surface area (Å²) >= 11 is 0. The number of benzene rings is 2. The largest absolute Gasteiger partial charge is 0.492 e. The van der Waals surface area contributed by atoms with Crippen LogP contribution in [0.15, 0.2) is 59.5 Å². The predicted molar refractivity (Wildman–Crippen MR) is 95.3 cm³/mol. The van der Waals surface area contributed by atoms with Crippen LogP contribution < -0.4 is 14.4 Å². The lowest BCUT2D eigenvalue weighted by atomic mass is 10.3. The van der Waals surface area contributed by atoms with Crippen LogP contribution in [0.1, 0.15) is 12.8 Å². The normalized spacial score (nSPS) is 14.7. The lowest BCUT2D eigenvalue weighted by Gasteiger charge is -2.14. The summed E-state index contributed by atoms with van der Waals surface area (Å²) in [4.78, 5) is 24.6. The number of rotatable bonds is 7. The Morgan fingerprint density at radius 1 is 0.923 bits per heavy atom. The molecule has 0 bridgehead atoms. The van der Waals surface area contributed by atoms with Gasteiger partial charge in [-0.1, -0.05) is 18.2 Å². The second kappa shape index (κ2) is 7.67. The molecule has 3 rings (SSSR count). The number of hydrogen-bond acceptors (Lipinski definition) is 5. The SMILES string of the molecule is O=C1CCC(=O)N1c1ccc(S(=O)(=O)NCCOc2ccccc2)cc1. The molecule has 0 aromatic heterocycles. The molecule has 1 heterocycles. The minimum atomic E-state index is -3.70. The van der Waals surface area contributed by atoms with Gasteiger partial charge >= 0.3 is 0 Å². The smallest absolute Gasteiger partial charge is 0.240 e. The molecule has 0 saturated carbocycles. The molecule has 2 aromatic rings. The summed E-state index contributed by atoms with van der Waals surface area (Å²) in [7, 11) is -3.70. The van der Waals surface area contributed by atoms with Crippen molar-refractivity contribution in [1.29, 1.82) is 0 Å². The van der Waals surface area contributed by atoms with E-state index in [4.69, 9.17) is 4.74 Å². The molecule has 0 radical (unpaired) electrons. The van der Waals surface area contributed by atoms with Crippen molar-refractivity contribution in [1.82, 2.24) is 4.72 Å². The van der Waals surface area contributed by atoms with Crippen LogP contribution in [0.25, 0.3) is 0 Å². The topological polar surface area (TPSA) is 92.8 Å². The maximum Gasteiger partial charge on any atom is 0.240 e. The van der Waals surface area contributed by atoms with E-state index < -0.39 is 10.0 Å². The Morgan fingerprint density at radius 3 is 2.15 bits per heavy atom. The maximum absolute atomic E-state index is 12.3. The van der Waals surface area contributed by atoms with Gasteiger partial charge < -0.3 is 4.74 Å². The van der Waals surface area contributed by atoms with E-state index in [1.165, 1.54) is 24.3 Å². The first-order chi connectivity index (χ1) is 12.5. The first-order valence-electron chi connectivity index (χ1n) is 8.11. The zero-order valence-corrected chi connectivity index (χ0v) is 14.7. The second-order valence-electron chi connectivity index (χ2n) is 5.68. The monoisotopic (exact) mass is 374 g/mol. The standard InChI is InChI=1S/C18H18N2O5S/c21-17-10-11-18(22)20(17)14-6-8-16(9-7-14)26(23,24)19-12-13-25-15-4-2-1-3-5-15/h1-9,19H,10-13H2. The Labute approximate surface area is 151 Å². The van der Waals surface area contributed by atoms with Crippen LogP contribution in [0, 0.1) is 0 Å². The van der Waals surface area contributed by atoms with E-state index in [2.05, 4.69) is 4.72 Å². The van der Waals surface area contributed by atoms with Gasteiger partial charge in [0.15, 0.2) is 0 Å². The number of anilines is 1. The molecule has 0 spiro atoms. The van der Waals surface area contributed by atoms with Crippen molar-refractivity contribution < 1.29 is 22.7 Å². The third kappa shape index (κ3) is 4.09. The van der Waals surface area contributed by atoms with Crippen LogP contribution in [0.5, 0.6) is 5.75 Å². The number of carbonyl (C=O) groups excluding carboxylic acids is 2. The minimum absolute atomic E-state index is 0.0556. The van der Waals surface area contributed by atoms with Crippen molar-refractivity contribution in [2.24, 2.45) is 0 Å². The molecule has 1 fully saturated rings. The van der Waals surface area contributed by atoms with Gasteiger partial charge in [0.05, 0.1) is 10.6 Å². The van der Waals surface area contributed by atoms with Crippen molar-refractivity contribution in [2.45, 2.75) is 17.7 Å². The van der Waals surface area contributed by atoms with Crippen molar-refractivity contribution in [3.05, 3.63) is 54.6 Å². The summed E-state index contributed by atoms with van der Waals surface area (Å²) < 4.78 is 32.5. The lowest BCUT2D eigenvalue weighted by molar-refractivity contribution is -0.121. The first kappa shape index (κ1) is 18.1. The van der Waals surface area contributed by atoms with Crippen molar-refractivity contribution in [3.8, 4) is 5.75 Å². The van der Waals surface area contributed by atoms with E-state index in [0.717, 1.165) is 4.90 Å². The quantitative estimate of drug-likeness (QED) is 0.588. The summed E-state index contributed by atoms with van der Waals surface area (Å²) in [6.45, 7) is 0.306. The van der Waals surface area contributed by atoms with Crippen molar-refractivity contribution >= 4 is 27.5 Å². The molecular weight excluding hydrogens is 356 g/mol. The van der Waals surface area contributed by atoms with Crippen LogP contribution in [0.4, 0.5) is 5.69 Å². The molecule has 0 aliphatic carbocycles. The predicted octanol–water partition coefficient (Wildman–Crippen LogP) is 1.70. The van der Waals surface area contributed by atoms with E-state index in [1.807, 2.05) is 18.2 Å². The molecule has 136 valence electrons. The molecule has 1 N–H and O–H groups in total. The van der Waals surface area contributed by atoms with Gasteiger partial charge in [0.25, 0.3) is 0 Å². The Bertz CT molecular complexity index is 879. The number of nitrogens with zero attached hydrogens (tertiary/aromatic N) is 1. The number of ether oxygens (including phenoxy) is 1. The molecule has 0 atom stereocenters. The number of para-hydroxylation sites is 1. The number of hydrogen-bond donors (Lipinski definition) is 1. The summed E-state index contributed by atoms with van der Waals surface area (Å²) in [6, 6.07) is 14.7. The molecule has 1 aliphatic rings. The molecule has 2 aromatic carbocycles. The third-order valence-corrected chi connectivity index (χ3v) is 5.34. The summed E-state index contributed by atoms with van der Waals surface area (Å²) in [6.07, 6.45) is 0.365. The van der Waals surface area contributed by atoms with E-state index in [-0.39, 0.29) is 42.7 Å². The highest BCUT2D eigenvalue weighted by atomic mass is 32.2. The highest BCUT2D eigenvalue weighted by molar-refractivity contribution is 7.89. The van der Waals surface area contributed by atoms with Gasteiger partial charge in [-0.15, -0.1) is 0 Å². The fraction of sp³-hybridized carbons (Fsp3) is 0.222. The zero-order chi connectivity index (χ0) is 18.6. The summed E-state index contributed by atoms with van der Waals surface area (Å²) in [5, 5.41) is 0. The fourth-order valence-electron chi connectivity index (χ4n) is 2.58. The molecule has 1 aliphatic heterocycles. The molecule has 1 saturated heterocycles. The van der Waals surface area contributed by atoms with E-state index in [0.29, 0.717) is 11.4 Å². The van der Waals surface area contributed by atoms with Gasteiger partial charge in [0.2, 0.25) is 21.8 Å². The highest BCUT2D eigenvalue weighted by Crippen LogP contribution is 2.23. The van der Waals surface area contributed by atoms with Crippen LogP contribution in [-0.4, -0.2) is 33.4 Å². The highest BCUT2D eigenvalue weighted by Gasteiger charge is 2.30. The Morgan fingerprint density at radius 2 is 1.54 bits per heavy atom. The van der Waals surface area contributed by atoms with E-state index >= 15 is 0 Å². The van der Waals surface area contributed by atoms with Gasteiger partial charge in [-0.05, 0) is 36.4 Å². The third-order valence-electron chi connectivity index (χ3n) is 3.86. The van der Waals surface area contributed by atoms with Gasteiger partial charge in [-0.25, -0.2) is 13.1 Å². The minimum Gasteiger partial charge on any atom is -0.492 e. The number of imide groups is 1. The van der Waals surface area contributed by atoms with Crippen LogP contribution in [0.3, 0.4) is 0 Å². The average Bonchev–Trinajstić information content (AvgIpc) is 2.98. The Kier molecular flexibility index (Phi) is 5.34. The first-order valence-corrected chi connectivity index (χ1v) is 9.59. The van der Waals surface area contributed by atoms with Crippen LogP contribution >= 0.6 is 0 Å². The van der Waals surface area contributed by atoms with Crippen molar-refractivity contribution in [3.63, 3.8) is 0 Å². The molecule has 7 nitrogen and oxygen atoms in total. The van der Waals surface area contributed by atoms with E-state index in [9.17, 15) is 18.0 Å². The Balaban J connectivity index is 1.59. The van der Waals surface area contributed by atoms with Gasteiger partial charge in [0, 0.05) is 19.4 Å². The number of sulfonamides is 1. The lowest BCUT2D eigenvalue weighted by Crippen LogP contribution is -2.29. The van der Waals surface area contributed by atoms with Crippen LogP contribution in [0.2, 0.25) is 0 Å². The average molecular weight is 374 g/mol. The van der Waals surface area contributed by atoms with Crippen molar-refractivity contribution in [2.75, 3.05) is 18.1 Å². The molecule has 2 amide bonds. The van der Waals surface area contributed by atoms with Gasteiger partial charge in [0.1, 0.15) is 12.4 Å². The molecule has 0 unspecified atom stereocenters.